The van der Waals surface area contributed by atoms with Crippen molar-refractivity contribution < 1.29 is 9.53 Å². The fraction of sp³-hybridized carbons (Fsp3) is 0.923. The first kappa shape index (κ1) is 9.68. The topological polar surface area (TPSA) is 26.3 Å². The van der Waals surface area contributed by atoms with Crippen LogP contribution in [-0.2, 0) is 9.53 Å². The lowest BCUT2D eigenvalue weighted by Crippen LogP contribution is -2.46. The Hall–Kier alpha value is -0.530. The van der Waals surface area contributed by atoms with Gasteiger partial charge in [0.15, 0.2) is 0 Å². The third-order valence-electron chi connectivity index (χ3n) is 4.98. The molecule has 2 nitrogen and oxygen atoms in total. The Morgan fingerprint density at radius 3 is 2.07 bits per heavy atom. The van der Waals surface area contributed by atoms with Crippen LogP contribution in [0.5, 0.6) is 0 Å². The average Bonchev–Trinajstić information content (AvgIpc) is 2.15. The summed E-state index contributed by atoms with van der Waals surface area (Å²) in [5.74, 6) is 3.02. The minimum Gasteiger partial charge on any atom is -0.468 e. The fourth-order valence-corrected chi connectivity index (χ4v) is 4.92. The molecule has 4 bridgehead atoms. The lowest BCUT2D eigenvalue weighted by molar-refractivity contribution is -0.131. The number of carbonyl (C=O) groups is 1. The molecule has 0 unspecified atom stereocenters. The smallest absolute Gasteiger partial charge is 0.293 e. The number of hydrogen-bond donors (Lipinski definition) is 0. The lowest BCUT2D eigenvalue weighted by atomic mass is 9.49. The molecule has 15 heavy (non-hydrogen) atoms. The van der Waals surface area contributed by atoms with Gasteiger partial charge in [-0.05, 0) is 68.1 Å². The summed E-state index contributed by atoms with van der Waals surface area (Å²) in [6.07, 6.45) is 9.86. The molecule has 84 valence electrons. The number of ether oxygens (including phenoxy) is 1. The summed E-state index contributed by atoms with van der Waals surface area (Å²) in [5, 5.41) is 0. The Kier molecular flexibility index (Phi) is 2.26. The second-order valence-electron chi connectivity index (χ2n) is 6.13. The van der Waals surface area contributed by atoms with Gasteiger partial charge in [-0.2, -0.15) is 0 Å². The van der Waals surface area contributed by atoms with Crippen LogP contribution in [0.25, 0.3) is 0 Å². The molecule has 0 N–H and O–H groups in total. The molecule has 4 saturated carbocycles. The molecule has 4 rings (SSSR count). The predicted molar refractivity (Wildman–Crippen MR) is 57.2 cm³/mol. The van der Waals surface area contributed by atoms with E-state index in [1.807, 2.05) is 0 Å². The quantitative estimate of drug-likeness (QED) is 0.524. The Balaban J connectivity index is 1.67. The summed E-state index contributed by atoms with van der Waals surface area (Å²) in [6.45, 7) is 1.25. The minimum absolute atomic E-state index is 0.567. The van der Waals surface area contributed by atoms with Gasteiger partial charge >= 0.3 is 0 Å². The van der Waals surface area contributed by atoms with E-state index in [1.165, 1.54) is 38.5 Å². The molecule has 2 heteroatoms. The second-order valence-corrected chi connectivity index (χ2v) is 6.13. The van der Waals surface area contributed by atoms with E-state index < -0.39 is 0 Å². The zero-order valence-electron chi connectivity index (χ0n) is 9.28. The highest BCUT2D eigenvalue weighted by molar-refractivity contribution is 5.36. The van der Waals surface area contributed by atoms with Crippen molar-refractivity contribution >= 4 is 6.47 Å². The fourth-order valence-electron chi connectivity index (χ4n) is 4.92. The molecule has 0 spiro atoms. The first-order valence-corrected chi connectivity index (χ1v) is 6.35. The maximum Gasteiger partial charge on any atom is 0.293 e. The zero-order chi connectivity index (χ0) is 10.3. The summed E-state index contributed by atoms with van der Waals surface area (Å²) >= 11 is 0. The minimum atomic E-state index is 0.567. The van der Waals surface area contributed by atoms with E-state index in [4.69, 9.17) is 4.74 Å². The first-order chi connectivity index (χ1) is 7.30. The van der Waals surface area contributed by atoms with Crippen LogP contribution in [0.15, 0.2) is 0 Å². The van der Waals surface area contributed by atoms with Crippen molar-refractivity contribution in [1.82, 2.24) is 0 Å². The molecule has 4 fully saturated rings. The van der Waals surface area contributed by atoms with E-state index in [-0.39, 0.29) is 0 Å². The van der Waals surface area contributed by atoms with Gasteiger partial charge in [0, 0.05) is 0 Å². The highest BCUT2D eigenvalue weighted by Crippen LogP contribution is 2.61. The van der Waals surface area contributed by atoms with Gasteiger partial charge in [0.05, 0.1) is 6.61 Å². The standard InChI is InChI=1S/C13H20O2/c14-9-15-2-1-13-6-10-3-11(7-13)5-12(4-10)8-13/h9-12H,1-8H2. The van der Waals surface area contributed by atoms with Crippen molar-refractivity contribution in [3.05, 3.63) is 0 Å². The zero-order valence-corrected chi connectivity index (χ0v) is 9.28. The van der Waals surface area contributed by atoms with E-state index in [0.717, 1.165) is 24.2 Å². The number of rotatable bonds is 4. The van der Waals surface area contributed by atoms with Crippen molar-refractivity contribution in [2.45, 2.75) is 44.9 Å². The van der Waals surface area contributed by atoms with Crippen LogP contribution in [-0.4, -0.2) is 13.1 Å². The highest BCUT2D eigenvalue weighted by atomic mass is 16.5. The van der Waals surface area contributed by atoms with E-state index in [1.54, 1.807) is 0 Å². The molecule has 0 aromatic rings. The Bertz CT molecular complexity index is 224. The van der Waals surface area contributed by atoms with E-state index in [0.29, 0.717) is 18.5 Å². The lowest BCUT2D eigenvalue weighted by Gasteiger charge is -2.57. The summed E-state index contributed by atoms with van der Waals surface area (Å²) in [5.41, 5.74) is 0.567. The van der Waals surface area contributed by atoms with Crippen molar-refractivity contribution in [2.75, 3.05) is 6.61 Å². The molecule has 0 aromatic carbocycles. The molecule has 0 heterocycles. The molecular formula is C13H20O2. The summed E-state index contributed by atoms with van der Waals surface area (Å²) in [6, 6.07) is 0. The molecular weight excluding hydrogens is 188 g/mol. The van der Waals surface area contributed by atoms with Gasteiger partial charge in [0.1, 0.15) is 0 Å². The SMILES string of the molecule is O=COCCC12CC3CC(CC(C3)C1)C2. The number of hydrogen-bond acceptors (Lipinski definition) is 2. The summed E-state index contributed by atoms with van der Waals surface area (Å²) in [7, 11) is 0. The van der Waals surface area contributed by atoms with E-state index in [9.17, 15) is 4.79 Å². The second kappa shape index (κ2) is 3.50. The van der Waals surface area contributed by atoms with Gasteiger partial charge in [-0.25, -0.2) is 0 Å². The molecule has 0 radical (unpaired) electrons. The third-order valence-corrected chi connectivity index (χ3v) is 4.98. The first-order valence-electron chi connectivity index (χ1n) is 6.35. The maximum absolute atomic E-state index is 10.2. The molecule has 0 atom stereocenters. The van der Waals surface area contributed by atoms with Crippen LogP contribution >= 0.6 is 0 Å². The van der Waals surface area contributed by atoms with Gasteiger partial charge in [0.2, 0.25) is 0 Å². The number of carbonyl (C=O) groups excluding carboxylic acids is 1. The van der Waals surface area contributed by atoms with Gasteiger partial charge in [0.25, 0.3) is 6.47 Å². The van der Waals surface area contributed by atoms with Crippen LogP contribution in [0, 0.1) is 23.2 Å². The van der Waals surface area contributed by atoms with E-state index in [2.05, 4.69) is 0 Å². The third kappa shape index (κ3) is 1.68. The molecule has 0 saturated heterocycles. The average molecular weight is 208 g/mol. The van der Waals surface area contributed by atoms with Crippen LogP contribution in [0.3, 0.4) is 0 Å². The summed E-state index contributed by atoms with van der Waals surface area (Å²) in [4.78, 5) is 10.2. The largest absolute Gasteiger partial charge is 0.468 e. The molecule has 4 aliphatic carbocycles. The molecule has 4 aliphatic rings. The van der Waals surface area contributed by atoms with Crippen molar-refractivity contribution in [3.63, 3.8) is 0 Å². The van der Waals surface area contributed by atoms with Gasteiger partial charge in [-0.15, -0.1) is 0 Å². The maximum atomic E-state index is 10.2. The predicted octanol–water partition coefficient (Wildman–Crippen LogP) is 2.77. The van der Waals surface area contributed by atoms with Gasteiger partial charge in [-0.3, -0.25) is 4.79 Å². The van der Waals surface area contributed by atoms with Gasteiger partial charge in [-0.1, -0.05) is 0 Å². The Morgan fingerprint density at radius 2 is 1.60 bits per heavy atom. The monoisotopic (exact) mass is 208 g/mol. The normalized spacial score (nSPS) is 46.8. The van der Waals surface area contributed by atoms with E-state index >= 15 is 0 Å². The molecule has 0 amide bonds. The van der Waals surface area contributed by atoms with Crippen LogP contribution in [0.2, 0.25) is 0 Å². The van der Waals surface area contributed by atoms with Crippen molar-refractivity contribution in [2.24, 2.45) is 23.2 Å². The molecule has 0 aliphatic heterocycles. The highest BCUT2D eigenvalue weighted by Gasteiger charge is 2.50. The van der Waals surface area contributed by atoms with Crippen molar-refractivity contribution in [3.8, 4) is 0 Å². The Labute approximate surface area is 91.4 Å². The molecule has 0 aromatic heterocycles. The van der Waals surface area contributed by atoms with Crippen LogP contribution < -0.4 is 0 Å². The van der Waals surface area contributed by atoms with Crippen molar-refractivity contribution in [1.29, 1.82) is 0 Å². The van der Waals surface area contributed by atoms with Crippen LogP contribution in [0.1, 0.15) is 44.9 Å². The Morgan fingerprint density at radius 1 is 1.07 bits per heavy atom. The van der Waals surface area contributed by atoms with Gasteiger partial charge < -0.3 is 4.74 Å². The summed E-state index contributed by atoms with van der Waals surface area (Å²) < 4.78 is 4.89. The van der Waals surface area contributed by atoms with Crippen LogP contribution in [0.4, 0.5) is 0 Å².